The summed E-state index contributed by atoms with van der Waals surface area (Å²) in [5.41, 5.74) is 2.99. The molecule has 2 amide bonds. The molecule has 0 unspecified atom stereocenters. The van der Waals surface area contributed by atoms with E-state index in [1.807, 2.05) is 31.7 Å². The van der Waals surface area contributed by atoms with Gasteiger partial charge in [0.25, 0.3) is 0 Å². The van der Waals surface area contributed by atoms with Crippen LogP contribution >= 0.6 is 0 Å². The zero-order valence-electron chi connectivity index (χ0n) is 15.8. The smallest absolute Gasteiger partial charge is 0.229 e. The summed E-state index contributed by atoms with van der Waals surface area (Å²) >= 11 is 0. The van der Waals surface area contributed by atoms with E-state index < -0.39 is 5.41 Å². The van der Waals surface area contributed by atoms with Gasteiger partial charge in [0.2, 0.25) is 11.8 Å². The Hall–Kier alpha value is -2.04. The minimum absolute atomic E-state index is 0.0257. The molecule has 0 aliphatic carbocycles. The third-order valence-corrected chi connectivity index (χ3v) is 5.20. The van der Waals surface area contributed by atoms with Gasteiger partial charge in [-0.3, -0.25) is 9.59 Å². The molecule has 2 heterocycles. The predicted octanol–water partition coefficient (Wildman–Crippen LogP) is 2.90. The van der Waals surface area contributed by atoms with Gasteiger partial charge in [-0.15, -0.1) is 0 Å². The highest BCUT2D eigenvalue weighted by Gasteiger charge is 2.33. The summed E-state index contributed by atoms with van der Waals surface area (Å²) in [5, 5.41) is 3.06. The fourth-order valence-corrected chi connectivity index (χ4v) is 3.74. The van der Waals surface area contributed by atoms with Crippen LogP contribution in [0.2, 0.25) is 0 Å². The Labute approximate surface area is 150 Å². The highest BCUT2D eigenvalue weighted by atomic mass is 16.2. The molecule has 1 atom stereocenters. The molecular formula is C20H29N3O2. The van der Waals surface area contributed by atoms with E-state index in [-0.39, 0.29) is 17.7 Å². The van der Waals surface area contributed by atoms with Crippen LogP contribution in [-0.4, -0.2) is 43.4 Å². The van der Waals surface area contributed by atoms with E-state index in [1.54, 1.807) is 0 Å². The summed E-state index contributed by atoms with van der Waals surface area (Å²) < 4.78 is 0. The molecule has 2 aliphatic heterocycles. The average Bonchev–Trinajstić information content (AvgIpc) is 2.94. The standard InChI is InChI=1S/C20H29N3O2/c1-20(2,3)19(25)23-10-5-6-15(13-23)18(24)21-16-7-8-17-14(12-16)9-11-22(17)4/h7-8,12,15H,5-6,9-11,13H2,1-4H3,(H,21,24)/t15-/m1/s1. The minimum atomic E-state index is -0.398. The van der Waals surface area contributed by atoms with E-state index in [9.17, 15) is 9.59 Å². The lowest BCUT2D eigenvalue weighted by atomic mass is 9.91. The molecule has 0 spiro atoms. The van der Waals surface area contributed by atoms with Crippen molar-refractivity contribution in [3.05, 3.63) is 23.8 Å². The number of hydrogen-bond acceptors (Lipinski definition) is 3. The Morgan fingerprint density at radius 1 is 1.20 bits per heavy atom. The van der Waals surface area contributed by atoms with E-state index in [1.165, 1.54) is 11.3 Å². The number of anilines is 2. The maximum Gasteiger partial charge on any atom is 0.229 e. The van der Waals surface area contributed by atoms with E-state index >= 15 is 0 Å². The third-order valence-electron chi connectivity index (χ3n) is 5.20. The molecule has 136 valence electrons. The number of carbonyl (C=O) groups is 2. The Balaban J connectivity index is 1.64. The Bertz CT molecular complexity index is 678. The fraction of sp³-hybridized carbons (Fsp3) is 0.600. The zero-order valence-corrected chi connectivity index (χ0v) is 15.8. The van der Waals surface area contributed by atoms with Crippen molar-refractivity contribution in [2.24, 2.45) is 11.3 Å². The second kappa shape index (κ2) is 6.70. The minimum Gasteiger partial charge on any atom is -0.374 e. The molecule has 2 aliphatic rings. The van der Waals surface area contributed by atoms with Crippen molar-refractivity contribution in [3.63, 3.8) is 0 Å². The summed E-state index contributed by atoms with van der Waals surface area (Å²) in [5.74, 6) is 0.0271. The second-order valence-electron chi connectivity index (χ2n) is 8.34. The molecular weight excluding hydrogens is 314 g/mol. The van der Waals surface area contributed by atoms with Gasteiger partial charge in [-0.2, -0.15) is 0 Å². The fourth-order valence-electron chi connectivity index (χ4n) is 3.74. The number of amides is 2. The van der Waals surface area contributed by atoms with E-state index in [2.05, 4.69) is 29.4 Å². The van der Waals surface area contributed by atoms with Crippen molar-refractivity contribution < 1.29 is 9.59 Å². The van der Waals surface area contributed by atoms with E-state index in [0.717, 1.165) is 38.0 Å². The zero-order chi connectivity index (χ0) is 18.2. The van der Waals surface area contributed by atoms with Gasteiger partial charge in [-0.05, 0) is 43.0 Å². The lowest BCUT2D eigenvalue weighted by molar-refractivity contribution is -0.142. The van der Waals surface area contributed by atoms with E-state index in [0.29, 0.717) is 6.54 Å². The number of hydrogen-bond donors (Lipinski definition) is 1. The predicted molar refractivity (Wildman–Crippen MR) is 101 cm³/mol. The average molecular weight is 343 g/mol. The molecule has 5 heteroatoms. The molecule has 1 aromatic carbocycles. The molecule has 0 aromatic heterocycles. The summed E-state index contributed by atoms with van der Waals surface area (Å²) in [6.45, 7) is 8.10. The number of piperidine rings is 1. The first kappa shape index (κ1) is 17.8. The number of nitrogens with one attached hydrogen (secondary N) is 1. The number of likely N-dealkylation sites (tertiary alicyclic amines) is 1. The first-order valence-electron chi connectivity index (χ1n) is 9.20. The second-order valence-corrected chi connectivity index (χ2v) is 8.34. The molecule has 5 nitrogen and oxygen atoms in total. The van der Waals surface area contributed by atoms with Crippen LogP contribution in [0.25, 0.3) is 0 Å². The van der Waals surface area contributed by atoms with Gasteiger partial charge in [-0.25, -0.2) is 0 Å². The van der Waals surface area contributed by atoms with Gasteiger partial charge in [0, 0.05) is 43.5 Å². The summed E-state index contributed by atoms with van der Waals surface area (Å²) in [7, 11) is 2.09. The lowest BCUT2D eigenvalue weighted by Gasteiger charge is -2.35. The first-order chi connectivity index (χ1) is 11.8. The van der Waals surface area contributed by atoms with Gasteiger partial charge < -0.3 is 15.1 Å². The quantitative estimate of drug-likeness (QED) is 0.898. The number of carbonyl (C=O) groups excluding carboxylic acids is 2. The van der Waals surface area contributed by atoms with Crippen LogP contribution in [0, 0.1) is 11.3 Å². The SMILES string of the molecule is CN1CCc2cc(NC(=O)[C@@H]3CCCN(C(=O)C(C)(C)C)C3)ccc21. The molecule has 25 heavy (non-hydrogen) atoms. The number of nitrogens with zero attached hydrogens (tertiary/aromatic N) is 2. The summed E-state index contributed by atoms with van der Waals surface area (Å²) in [4.78, 5) is 29.3. The molecule has 0 saturated carbocycles. The van der Waals surface area contributed by atoms with Crippen LogP contribution in [0.1, 0.15) is 39.2 Å². The normalized spacial score (nSPS) is 20.4. The van der Waals surface area contributed by atoms with Crippen molar-refractivity contribution in [1.82, 2.24) is 4.90 Å². The van der Waals surface area contributed by atoms with Crippen molar-refractivity contribution in [3.8, 4) is 0 Å². The monoisotopic (exact) mass is 343 g/mol. The van der Waals surface area contributed by atoms with Gasteiger partial charge in [0.15, 0.2) is 0 Å². The molecule has 1 aromatic rings. The Kier molecular flexibility index (Phi) is 4.76. The van der Waals surface area contributed by atoms with Crippen LogP contribution in [-0.2, 0) is 16.0 Å². The molecule has 1 saturated heterocycles. The van der Waals surface area contributed by atoms with Crippen LogP contribution in [0.15, 0.2) is 18.2 Å². The van der Waals surface area contributed by atoms with Crippen molar-refractivity contribution in [1.29, 1.82) is 0 Å². The molecule has 1 N–H and O–H groups in total. The number of benzene rings is 1. The van der Waals surface area contributed by atoms with Crippen LogP contribution in [0.3, 0.4) is 0 Å². The van der Waals surface area contributed by atoms with Gasteiger partial charge in [0.05, 0.1) is 5.92 Å². The summed E-state index contributed by atoms with van der Waals surface area (Å²) in [6.07, 6.45) is 2.75. The molecule has 1 fully saturated rings. The van der Waals surface area contributed by atoms with Crippen LogP contribution in [0.4, 0.5) is 11.4 Å². The van der Waals surface area contributed by atoms with Crippen molar-refractivity contribution in [2.45, 2.75) is 40.0 Å². The number of likely N-dealkylation sites (N-methyl/N-ethyl adjacent to an activating group) is 1. The molecule has 3 rings (SSSR count). The first-order valence-corrected chi connectivity index (χ1v) is 9.20. The van der Waals surface area contributed by atoms with Crippen LogP contribution in [0.5, 0.6) is 0 Å². The van der Waals surface area contributed by atoms with E-state index in [4.69, 9.17) is 0 Å². The maximum absolute atomic E-state index is 12.7. The maximum atomic E-state index is 12.7. The molecule has 0 radical (unpaired) electrons. The van der Waals surface area contributed by atoms with Gasteiger partial charge in [0.1, 0.15) is 0 Å². The topological polar surface area (TPSA) is 52.7 Å². The largest absolute Gasteiger partial charge is 0.374 e. The molecule has 0 bridgehead atoms. The van der Waals surface area contributed by atoms with Crippen molar-refractivity contribution in [2.75, 3.05) is 36.9 Å². The third kappa shape index (κ3) is 3.80. The summed E-state index contributed by atoms with van der Waals surface area (Å²) in [6, 6.07) is 6.13. The number of fused-ring (bicyclic) bond motifs is 1. The Morgan fingerprint density at radius 3 is 2.68 bits per heavy atom. The van der Waals surface area contributed by atoms with Gasteiger partial charge in [-0.1, -0.05) is 20.8 Å². The lowest BCUT2D eigenvalue weighted by Crippen LogP contribution is -2.47. The van der Waals surface area contributed by atoms with Crippen molar-refractivity contribution >= 4 is 23.2 Å². The van der Waals surface area contributed by atoms with Gasteiger partial charge >= 0.3 is 0 Å². The highest BCUT2D eigenvalue weighted by Crippen LogP contribution is 2.30. The van der Waals surface area contributed by atoms with Crippen LogP contribution < -0.4 is 10.2 Å². The number of rotatable bonds is 2. The Morgan fingerprint density at radius 2 is 1.96 bits per heavy atom. The highest BCUT2D eigenvalue weighted by molar-refractivity contribution is 5.93.